The van der Waals surface area contributed by atoms with E-state index in [0.717, 1.165) is 6.07 Å². The van der Waals surface area contributed by atoms with E-state index in [1.165, 1.54) is 19.1 Å². The van der Waals surface area contributed by atoms with Gasteiger partial charge in [-0.2, -0.15) is 0 Å². The van der Waals surface area contributed by atoms with Crippen molar-refractivity contribution in [3.63, 3.8) is 0 Å². The van der Waals surface area contributed by atoms with Crippen LogP contribution in [-0.4, -0.2) is 61.1 Å². The Balaban J connectivity index is 1.54. The number of aliphatic hydroxyl groups excluding tert-OH is 2. The van der Waals surface area contributed by atoms with Crippen LogP contribution in [0.2, 0.25) is 0 Å². The van der Waals surface area contributed by atoms with E-state index in [2.05, 4.69) is 0 Å². The smallest absolute Gasteiger partial charge is 0.347 e. The molecule has 6 rings (SSSR count). The fourth-order valence-electron chi connectivity index (χ4n) is 5.00. The van der Waals surface area contributed by atoms with Gasteiger partial charge in [0.1, 0.15) is 34.3 Å². The largest absolute Gasteiger partial charge is 0.507 e. The van der Waals surface area contributed by atoms with Gasteiger partial charge in [0.2, 0.25) is 11.6 Å². The van der Waals surface area contributed by atoms with Crippen LogP contribution in [0, 0.1) is 6.92 Å². The minimum atomic E-state index is -2.99. The van der Waals surface area contributed by atoms with Gasteiger partial charge in [0, 0.05) is 5.56 Å². The number of ketones is 3. The first-order chi connectivity index (χ1) is 17.9. The number of phenols is 3. The SMILES string of the molecule is Cc1cc2cc3c(c(O)c2c(=O)o1)O[C@@]1(OC2=C(C(=O)c4c(O)cc(C=O)c(O)c4C2=O)C1=O)[C@@H](O)[C@@H]3O. The van der Waals surface area contributed by atoms with E-state index >= 15 is 0 Å². The quantitative estimate of drug-likeness (QED) is 0.167. The van der Waals surface area contributed by atoms with Crippen LogP contribution in [0.4, 0.5) is 0 Å². The average Bonchev–Trinajstić information content (AvgIpc) is 3.16. The van der Waals surface area contributed by atoms with Crippen LogP contribution < -0.4 is 10.4 Å². The molecule has 192 valence electrons. The molecule has 0 saturated carbocycles. The van der Waals surface area contributed by atoms with E-state index in [0.29, 0.717) is 0 Å². The number of Topliss-reactive ketones (excluding diaryl/α,β-unsaturated/α-hetero) is 3. The lowest BCUT2D eigenvalue weighted by molar-refractivity contribution is -0.230. The summed E-state index contributed by atoms with van der Waals surface area (Å²) in [6, 6.07) is 3.31. The minimum absolute atomic E-state index is 0.117. The molecule has 5 N–H and O–H groups in total. The fourth-order valence-corrected chi connectivity index (χ4v) is 5.00. The van der Waals surface area contributed by atoms with Crippen molar-refractivity contribution >= 4 is 34.4 Å². The summed E-state index contributed by atoms with van der Waals surface area (Å²) in [5, 5.41) is 53.1. The first-order valence-electron chi connectivity index (χ1n) is 10.9. The molecule has 3 aromatic rings. The molecule has 0 amide bonds. The van der Waals surface area contributed by atoms with Crippen molar-refractivity contribution in [3.05, 3.63) is 68.0 Å². The first-order valence-corrected chi connectivity index (χ1v) is 10.9. The normalized spacial score (nSPS) is 23.7. The van der Waals surface area contributed by atoms with Crippen molar-refractivity contribution < 1.29 is 58.6 Å². The van der Waals surface area contributed by atoms with Gasteiger partial charge >= 0.3 is 11.4 Å². The summed E-state index contributed by atoms with van der Waals surface area (Å²) in [5.74, 6) is -11.2. The second-order valence-corrected chi connectivity index (χ2v) is 8.91. The maximum absolute atomic E-state index is 13.5. The van der Waals surface area contributed by atoms with E-state index in [4.69, 9.17) is 13.9 Å². The number of aromatic hydroxyl groups is 3. The summed E-state index contributed by atoms with van der Waals surface area (Å²) >= 11 is 0. The molecule has 1 spiro atoms. The molecule has 0 bridgehead atoms. The van der Waals surface area contributed by atoms with Crippen LogP contribution in [0.3, 0.4) is 0 Å². The van der Waals surface area contributed by atoms with E-state index in [9.17, 15) is 49.5 Å². The molecular weight excluding hydrogens is 508 g/mol. The van der Waals surface area contributed by atoms with Gasteiger partial charge < -0.3 is 39.4 Å². The highest BCUT2D eigenvalue weighted by Crippen LogP contribution is 2.53. The summed E-state index contributed by atoms with van der Waals surface area (Å²) in [6.07, 6.45) is -4.16. The molecule has 3 heterocycles. The van der Waals surface area contributed by atoms with Crippen LogP contribution in [0.25, 0.3) is 10.8 Å². The van der Waals surface area contributed by atoms with Crippen LogP contribution in [0.1, 0.15) is 48.5 Å². The summed E-state index contributed by atoms with van der Waals surface area (Å²) in [7, 11) is 0. The van der Waals surface area contributed by atoms with Gasteiger partial charge in [-0.3, -0.25) is 19.2 Å². The summed E-state index contributed by atoms with van der Waals surface area (Å²) in [4.78, 5) is 63.6. The highest BCUT2D eigenvalue weighted by molar-refractivity contribution is 6.40. The number of aliphatic hydroxyl groups is 2. The Bertz CT molecular complexity index is 1790. The molecule has 0 fully saturated rings. The number of hydrogen-bond acceptors (Lipinski definition) is 13. The number of aldehydes is 1. The van der Waals surface area contributed by atoms with E-state index in [-0.39, 0.29) is 28.4 Å². The van der Waals surface area contributed by atoms with E-state index in [1.54, 1.807) is 0 Å². The fraction of sp³-hybridized carbons (Fsp3) is 0.160. The molecule has 3 atom stereocenters. The van der Waals surface area contributed by atoms with Crippen molar-refractivity contribution in [3.8, 4) is 23.0 Å². The zero-order chi connectivity index (χ0) is 27.4. The Hall–Kier alpha value is -5.01. The van der Waals surface area contributed by atoms with Crippen LogP contribution in [0.15, 0.2) is 38.7 Å². The van der Waals surface area contributed by atoms with Crippen LogP contribution >= 0.6 is 0 Å². The van der Waals surface area contributed by atoms with Crippen molar-refractivity contribution in [1.82, 2.24) is 0 Å². The zero-order valence-corrected chi connectivity index (χ0v) is 19.0. The number of allylic oxidation sites excluding steroid dienone is 1. The topological polar surface area (TPSA) is 218 Å². The number of hydrogen-bond donors (Lipinski definition) is 5. The predicted molar refractivity (Wildman–Crippen MR) is 120 cm³/mol. The number of phenolic OH excluding ortho intramolecular Hbond substituents is 3. The van der Waals surface area contributed by atoms with Gasteiger partial charge in [0.25, 0.3) is 5.78 Å². The molecule has 2 aromatic carbocycles. The van der Waals surface area contributed by atoms with Crippen molar-refractivity contribution in [2.45, 2.75) is 24.9 Å². The Kier molecular flexibility index (Phi) is 4.48. The van der Waals surface area contributed by atoms with Crippen LogP contribution in [-0.2, 0) is 9.53 Å². The number of carbonyl (C=O) groups is 4. The maximum atomic E-state index is 13.5. The number of fused-ring (bicyclic) bond motifs is 3. The second-order valence-electron chi connectivity index (χ2n) is 8.91. The van der Waals surface area contributed by atoms with Gasteiger partial charge in [-0.1, -0.05) is 0 Å². The number of rotatable bonds is 1. The predicted octanol–water partition coefficient (Wildman–Crippen LogP) is 0.446. The number of ether oxygens (including phenoxy) is 2. The molecule has 1 aromatic heterocycles. The molecule has 0 radical (unpaired) electrons. The Morgan fingerprint density at radius 2 is 1.63 bits per heavy atom. The summed E-state index contributed by atoms with van der Waals surface area (Å²) < 4.78 is 15.9. The second kappa shape index (κ2) is 7.27. The lowest BCUT2D eigenvalue weighted by Crippen LogP contribution is -2.58. The molecule has 2 aliphatic heterocycles. The number of benzene rings is 2. The monoisotopic (exact) mass is 522 g/mol. The Morgan fingerprint density at radius 3 is 2.32 bits per heavy atom. The van der Waals surface area contributed by atoms with Crippen molar-refractivity contribution in [1.29, 1.82) is 0 Å². The Labute approximate surface area is 209 Å². The van der Waals surface area contributed by atoms with Gasteiger partial charge in [0.05, 0.1) is 16.7 Å². The third-order valence-electron chi connectivity index (χ3n) is 6.74. The molecular formula is C25H14O13. The maximum Gasteiger partial charge on any atom is 0.347 e. The lowest BCUT2D eigenvalue weighted by atomic mass is 9.82. The number of aryl methyl sites for hydroxylation is 1. The Morgan fingerprint density at radius 1 is 0.921 bits per heavy atom. The summed E-state index contributed by atoms with van der Waals surface area (Å²) in [5.41, 5.74) is -4.35. The average molecular weight is 522 g/mol. The molecule has 1 aliphatic carbocycles. The van der Waals surface area contributed by atoms with Crippen LogP contribution in [0.5, 0.6) is 23.0 Å². The van der Waals surface area contributed by atoms with Gasteiger partial charge in [0.15, 0.2) is 29.6 Å². The van der Waals surface area contributed by atoms with Gasteiger partial charge in [-0.05, 0) is 30.5 Å². The molecule has 3 aliphatic rings. The molecule has 0 saturated heterocycles. The highest BCUT2D eigenvalue weighted by atomic mass is 16.7. The first kappa shape index (κ1) is 23.4. The van der Waals surface area contributed by atoms with E-state index < -0.39 is 92.0 Å². The lowest BCUT2D eigenvalue weighted by Gasteiger charge is -2.40. The zero-order valence-electron chi connectivity index (χ0n) is 19.0. The van der Waals surface area contributed by atoms with Gasteiger partial charge in [-0.25, -0.2) is 4.79 Å². The third kappa shape index (κ3) is 2.63. The number of carbonyl (C=O) groups excluding carboxylic acids is 4. The van der Waals surface area contributed by atoms with E-state index in [1.807, 2.05) is 0 Å². The summed E-state index contributed by atoms with van der Waals surface area (Å²) in [6.45, 7) is 1.47. The molecule has 0 unspecified atom stereocenters. The standard InChI is InChI=1S/C25H14O13/c1-6-2-7-3-9-16(29)23(34)25(37-20(9)18(31)11(7)24(35)36-6)22(33)14-17(30)12-10(27)4-8(5-26)15(28)13(12)19(32)21(14)38-25/h2-5,16,23,27-29,31,34H,1H3/t16-,23+,25+/m1/s1. The van der Waals surface area contributed by atoms with Gasteiger partial charge in [-0.15, -0.1) is 0 Å². The third-order valence-corrected chi connectivity index (χ3v) is 6.74. The molecule has 38 heavy (non-hydrogen) atoms. The van der Waals surface area contributed by atoms with Crippen molar-refractivity contribution in [2.75, 3.05) is 0 Å². The minimum Gasteiger partial charge on any atom is -0.507 e. The highest BCUT2D eigenvalue weighted by Gasteiger charge is 2.66. The molecule has 13 heteroatoms. The molecule has 13 nitrogen and oxygen atoms in total. The van der Waals surface area contributed by atoms with Crippen molar-refractivity contribution in [2.24, 2.45) is 0 Å².